The van der Waals surface area contributed by atoms with Crippen molar-refractivity contribution in [1.82, 2.24) is 24.9 Å². The number of aliphatic hydroxyl groups is 2. The van der Waals surface area contributed by atoms with Crippen molar-refractivity contribution in [2.45, 2.75) is 50.6 Å². The average molecular weight is 752 g/mol. The number of hydrogen-bond acceptors (Lipinski definition) is 9. The summed E-state index contributed by atoms with van der Waals surface area (Å²) < 4.78 is 103. The van der Waals surface area contributed by atoms with E-state index in [2.05, 4.69) is 16.5 Å². The van der Waals surface area contributed by atoms with E-state index in [0.717, 1.165) is 11.1 Å². The fourth-order valence-corrected chi connectivity index (χ4v) is 6.32. The smallest absolute Gasteiger partial charge is 0.433 e. The number of amides is 1. The molecule has 3 aromatic rings. The minimum atomic E-state index is -4.98. The summed E-state index contributed by atoms with van der Waals surface area (Å²) in [6, 6.07) is 5.29. The summed E-state index contributed by atoms with van der Waals surface area (Å²) >= 11 is 0. The Hall–Kier alpha value is -4.87. The van der Waals surface area contributed by atoms with Crippen molar-refractivity contribution in [2.24, 2.45) is 0 Å². The van der Waals surface area contributed by atoms with Gasteiger partial charge in [-0.15, -0.1) is 0 Å². The lowest BCUT2D eigenvalue weighted by molar-refractivity contribution is -0.172. The number of aromatic nitrogens is 2. The van der Waals surface area contributed by atoms with E-state index in [1.165, 1.54) is 31.1 Å². The van der Waals surface area contributed by atoms with Crippen molar-refractivity contribution >= 4 is 17.3 Å². The molecule has 0 unspecified atom stereocenters. The van der Waals surface area contributed by atoms with Crippen molar-refractivity contribution in [3.05, 3.63) is 94.4 Å². The van der Waals surface area contributed by atoms with Gasteiger partial charge in [0, 0.05) is 42.4 Å². The van der Waals surface area contributed by atoms with Crippen LogP contribution in [0.3, 0.4) is 0 Å². The van der Waals surface area contributed by atoms with Crippen LogP contribution >= 0.6 is 0 Å². The van der Waals surface area contributed by atoms with Crippen molar-refractivity contribution < 1.29 is 55.3 Å². The van der Waals surface area contributed by atoms with Crippen LogP contribution in [0.1, 0.15) is 47.2 Å². The maximum absolute atomic E-state index is 15.8. The average Bonchev–Trinajstić information content (AvgIpc) is 3.07. The van der Waals surface area contributed by atoms with E-state index >= 15 is 4.39 Å². The number of ketones is 1. The topological polar surface area (TPSA) is 119 Å². The fourth-order valence-electron chi connectivity index (χ4n) is 6.32. The second-order valence-electron chi connectivity index (χ2n) is 12.9. The molecule has 17 heteroatoms. The second-order valence-corrected chi connectivity index (χ2v) is 12.9. The van der Waals surface area contributed by atoms with Gasteiger partial charge in [0.05, 0.1) is 29.9 Å². The first-order chi connectivity index (χ1) is 24.8. The number of allylic oxidation sites excluding steroid dienone is 1. The molecule has 1 amide bonds. The molecule has 1 saturated carbocycles. The molecule has 1 aromatic heterocycles. The quantitative estimate of drug-likeness (QED) is 0.128. The predicted molar refractivity (Wildman–Crippen MR) is 177 cm³/mol. The number of alkyl halides is 6. The van der Waals surface area contributed by atoms with Crippen LogP contribution in [0.2, 0.25) is 0 Å². The Morgan fingerprint density at radius 1 is 1.06 bits per heavy atom. The molecule has 0 saturated heterocycles. The van der Waals surface area contributed by atoms with E-state index in [1.807, 2.05) is 4.90 Å². The first kappa shape index (κ1) is 39.3. The lowest BCUT2D eigenvalue weighted by Gasteiger charge is -2.54. The van der Waals surface area contributed by atoms with Gasteiger partial charge in [0.2, 0.25) is 5.78 Å². The van der Waals surface area contributed by atoms with Crippen LogP contribution in [0.15, 0.2) is 60.6 Å². The SMILES string of the molecule is C=C(C(=O)C1=C(O)C2(CCC2)N(C)N(Cc2ccc(OCCN(C)CCO)c(C)c2F)C1=O)c1ccc(C(F)(F)F)cc1-c1cc(C(F)(F)F)ncn1. The molecule has 1 spiro atoms. The first-order valence-corrected chi connectivity index (χ1v) is 16.4. The van der Waals surface area contributed by atoms with Gasteiger partial charge in [-0.25, -0.2) is 19.4 Å². The minimum absolute atomic E-state index is 0.0382. The Bertz CT molecular complexity index is 1960. The highest BCUT2D eigenvalue weighted by atomic mass is 19.4. The Morgan fingerprint density at radius 3 is 2.36 bits per heavy atom. The van der Waals surface area contributed by atoms with E-state index in [4.69, 9.17) is 9.84 Å². The molecule has 1 aliphatic carbocycles. The minimum Gasteiger partial charge on any atom is -0.509 e. The van der Waals surface area contributed by atoms with E-state index in [1.54, 1.807) is 7.05 Å². The summed E-state index contributed by atoms with van der Waals surface area (Å²) in [5, 5.41) is 23.1. The van der Waals surface area contributed by atoms with Gasteiger partial charge >= 0.3 is 12.4 Å². The van der Waals surface area contributed by atoms with Crippen molar-refractivity contribution in [3.63, 3.8) is 0 Å². The van der Waals surface area contributed by atoms with Crippen LogP contribution in [0.4, 0.5) is 30.7 Å². The number of hydrazine groups is 1. The molecule has 2 N–H and O–H groups in total. The van der Waals surface area contributed by atoms with Gasteiger partial charge in [0.25, 0.3) is 5.91 Å². The standard InChI is InChI=1S/C36H36F7N5O5/c1-20(24-8-7-23(35(38,39)40)16-25(24)26-17-28(36(41,42)43)45-19-44-26)31(50)29-32(51)34(10-5-11-34)47(4)48(33(29)52)18-22-6-9-27(21(2)30(22)37)53-15-13-46(3)12-14-49/h6-9,16-17,19,49,51H,1,5,10-15,18H2,2-4H3. The number of likely N-dealkylation sites (N-methyl/N-ethyl adjacent to an activating group) is 2. The number of hydrogen-bond donors (Lipinski definition) is 2. The monoisotopic (exact) mass is 751 g/mol. The largest absolute Gasteiger partial charge is 0.509 e. The number of ether oxygens (including phenoxy) is 1. The molecule has 10 nitrogen and oxygen atoms in total. The molecule has 2 heterocycles. The van der Waals surface area contributed by atoms with Gasteiger partial charge in [-0.05, 0) is 63.1 Å². The van der Waals surface area contributed by atoms with Crippen LogP contribution < -0.4 is 4.74 Å². The summed E-state index contributed by atoms with van der Waals surface area (Å²) in [5.74, 6) is -3.31. The van der Waals surface area contributed by atoms with E-state index in [9.17, 15) is 41.0 Å². The molecule has 0 radical (unpaired) electrons. The molecule has 2 aliphatic rings. The first-order valence-electron chi connectivity index (χ1n) is 16.4. The molecule has 2 aromatic carbocycles. The highest BCUT2D eigenvalue weighted by Gasteiger charge is 2.55. The number of halogens is 7. The molecule has 1 fully saturated rings. The number of carbonyl (C=O) groups is 2. The summed E-state index contributed by atoms with van der Waals surface area (Å²) in [6.07, 6.45) is -8.24. The predicted octanol–water partition coefficient (Wildman–Crippen LogP) is 6.14. The van der Waals surface area contributed by atoms with Gasteiger partial charge in [-0.1, -0.05) is 18.7 Å². The Labute approximate surface area is 299 Å². The number of rotatable bonds is 12. The molecule has 53 heavy (non-hydrogen) atoms. The zero-order chi connectivity index (χ0) is 39.0. The zero-order valence-electron chi connectivity index (χ0n) is 28.9. The van der Waals surface area contributed by atoms with Crippen molar-refractivity contribution in [2.75, 3.05) is 40.4 Å². The molecular weight excluding hydrogens is 715 g/mol. The van der Waals surface area contributed by atoms with Gasteiger partial charge in [0.1, 0.15) is 41.5 Å². The number of carbonyl (C=O) groups excluding carboxylic acids is 2. The summed E-state index contributed by atoms with van der Waals surface area (Å²) in [4.78, 5) is 37.0. The van der Waals surface area contributed by atoms with Gasteiger partial charge in [0.15, 0.2) is 0 Å². The van der Waals surface area contributed by atoms with E-state index < -0.39 is 81.4 Å². The van der Waals surface area contributed by atoms with Crippen LogP contribution in [-0.4, -0.2) is 92.7 Å². The van der Waals surface area contributed by atoms with E-state index in [0.29, 0.717) is 44.0 Å². The highest BCUT2D eigenvalue weighted by molar-refractivity contribution is 6.38. The molecule has 284 valence electrons. The lowest BCUT2D eigenvalue weighted by atomic mass is 9.71. The highest BCUT2D eigenvalue weighted by Crippen LogP contribution is 2.48. The molecule has 0 atom stereocenters. The third kappa shape index (κ3) is 7.63. The molecule has 5 rings (SSSR count). The molecular formula is C36H36F7N5O5. The summed E-state index contributed by atoms with van der Waals surface area (Å²) in [6.45, 7) is 5.84. The fraction of sp³-hybridized carbons (Fsp3) is 0.389. The van der Waals surface area contributed by atoms with Crippen LogP contribution in [0.25, 0.3) is 16.8 Å². The van der Waals surface area contributed by atoms with Crippen molar-refractivity contribution in [3.8, 4) is 17.0 Å². The third-order valence-corrected chi connectivity index (χ3v) is 9.64. The lowest BCUT2D eigenvalue weighted by Crippen LogP contribution is -2.65. The van der Waals surface area contributed by atoms with Crippen molar-refractivity contribution in [1.29, 1.82) is 0 Å². The second kappa shape index (κ2) is 14.9. The number of Topliss-reactive ketones (excluding diaryl/α,β-unsaturated/α-hetero) is 1. The maximum Gasteiger partial charge on any atom is 0.433 e. The third-order valence-electron chi connectivity index (χ3n) is 9.64. The number of aliphatic hydroxyl groups excluding tert-OH is 2. The van der Waals surface area contributed by atoms with Gasteiger partial charge in [-0.3, -0.25) is 14.6 Å². The summed E-state index contributed by atoms with van der Waals surface area (Å²) in [7, 11) is 3.28. The van der Waals surface area contributed by atoms with Crippen LogP contribution in [0, 0.1) is 12.7 Å². The number of nitrogens with zero attached hydrogens (tertiary/aromatic N) is 5. The van der Waals surface area contributed by atoms with Crippen LogP contribution in [-0.2, 0) is 28.5 Å². The molecule has 1 aliphatic heterocycles. The van der Waals surface area contributed by atoms with Gasteiger partial charge in [-0.2, -0.15) is 26.3 Å². The Morgan fingerprint density at radius 2 is 1.75 bits per heavy atom. The van der Waals surface area contributed by atoms with E-state index in [-0.39, 0.29) is 48.5 Å². The Kier molecular flexibility index (Phi) is 11.0. The van der Waals surface area contributed by atoms with Crippen LogP contribution in [0.5, 0.6) is 5.75 Å². The van der Waals surface area contributed by atoms with Gasteiger partial charge < -0.3 is 19.8 Å². The normalized spacial score (nSPS) is 16.4. The molecule has 0 bridgehead atoms. The maximum atomic E-state index is 15.8. The Balaban J connectivity index is 1.50. The summed E-state index contributed by atoms with van der Waals surface area (Å²) in [5.41, 5.74) is -6.69. The zero-order valence-corrected chi connectivity index (χ0v) is 28.9. The number of benzene rings is 2.